The van der Waals surface area contributed by atoms with E-state index in [1.54, 1.807) is 0 Å². The Bertz CT molecular complexity index is 371. The molecule has 1 atom stereocenters. The molecule has 3 nitrogen and oxygen atoms in total. The highest BCUT2D eigenvalue weighted by molar-refractivity contribution is 5.96. The van der Waals surface area contributed by atoms with Crippen molar-refractivity contribution in [2.45, 2.75) is 25.4 Å². The number of rotatable bonds is 6. The molecular formula is C15H21NO2. The summed E-state index contributed by atoms with van der Waals surface area (Å²) in [7, 11) is 2.06. The average molecular weight is 247 g/mol. The Morgan fingerprint density at radius 3 is 2.83 bits per heavy atom. The van der Waals surface area contributed by atoms with E-state index in [0.29, 0.717) is 12.5 Å². The fourth-order valence-electron chi connectivity index (χ4n) is 2.29. The number of ether oxygens (including phenoxy) is 1. The van der Waals surface area contributed by atoms with E-state index in [-0.39, 0.29) is 5.78 Å². The molecule has 0 N–H and O–H groups in total. The molecule has 1 unspecified atom stereocenters. The van der Waals surface area contributed by atoms with E-state index in [9.17, 15) is 4.79 Å². The summed E-state index contributed by atoms with van der Waals surface area (Å²) in [6.07, 6.45) is 3.26. The van der Waals surface area contributed by atoms with E-state index in [4.69, 9.17) is 4.74 Å². The lowest BCUT2D eigenvalue weighted by Crippen LogP contribution is -2.30. The van der Waals surface area contributed by atoms with Gasteiger partial charge in [-0.2, -0.15) is 0 Å². The Balaban J connectivity index is 1.72. The first-order valence-corrected chi connectivity index (χ1v) is 6.64. The van der Waals surface area contributed by atoms with Crippen molar-refractivity contribution in [3.8, 4) is 0 Å². The molecule has 18 heavy (non-hydrogen) atoms. The second-order valence-corrected chi connectivity index (χ2v) is 4.94. The zero-order valence-corrected chi connectivity index (χ0v) is 11.0. The van der Waals surface area contributed by atoms with Crippen LogP contribution in [0.3, 0.4) is 0 Å². The molecule has 0 amide bonds. The molecule has 0 radical (unpaired) electrons. The number of hydrogen-bond donors (Lipinski definition) is 0. The minimum absolute atomic E-state index is 0.217. The molecule has 1 saturated heterocycles. The maximum absolute atomic E-state index is 11.9. The van der Waals surface area contributed by atoms with Gasteiger partial charge in [-0.05, 0) is 19.9 Å². The molecule has 1 aliphatic heterocycles. The third kappa shape index (κ3) is 3.93. The molecule has 0 aromatic heterocycles. The van der Waals surface area contributed by atoms with E-state index in [0.717, 1.165) is 31.7 Å². The van der Waals surface area contributed by atoms with Gasteiger partial charge < -0.3 is 9.64 Å². The van der Waals surface area contributed by atoms with Gasteiger partial charge in [0.2, 0.25) is 0 Å². The summed E-state index contributed by atoms with van der Waals surface area (Å²) < 4.78 is 5.59. The molecule has 3 heteroatoms. The lowest BCUT2D eigenvalue weighted by molar-refractivity contribution is 0.0778. The van der Waals surface area contributed by atoms with Gasteiger partial charge in [0.15, 0.2) is 5.78 Å². The number of ketones is 1. The van der Waals surface area contributed by atoms with Crippen molar-refractivity contribution in [3.05, 3.63) is 35.9 Å². The van der Waals surface area contributed by atoms with Crippen molar-refractivity contribution in [1.29, 1.82) is 0 Å². The smallest absolute Gasteiger partial charge is 0.164 e. The van der Waals surface area contributed by atoms with E-state index in [1.807, 2.05) is 30.3 Å². The Hall–Kier alpha value is -1.19. The SMILES string of the molecule is CN(CCC(=O)c1ccccc1)CC1CCCO1. The Labute approximate surface area is 109 Å². The molecule has 0 bridgehead atoms. The van der Waals surface area contributed by atoms with Crippen LogP contribution in [0.2, 0.25) is 0 Å². The summed E-state index contributed by atoms with van der Waals surface area (Å²) in [6, 6.07) is 9.50. The third-order valence-corrected chi connectivity index (χ3v) is 3.36. The molecular weight excluding hydrogens is 226 g/mol. The van der Waals surface area contributed by atoms with E-state index < -0.39 is 0 Å². The van der Waals surface area contributed by atoms with E-state index in [1.165, 1.54) is 6.42 Å². The third-order valence-electron chi connectivity index (χ3n) is 3.36. The Morgan fingerprint density at radius 2 is 2.17 bits per heavy atom. The Kier molecular flexibility index (Phi) is 4.90. The van der Waals surface area contributed by atoms with E-state index in [2.05, 4.69) is 11.9 Å². The average Bonchev–Trinajstić information content (AvgIpc) is 2.90. The van der Waals surface area contributed by atoms with Crippen LogP contribution >= 0.6 is 0 Å². The normalized spacial score (nSPS) is 19.3. The van der Waals surface area contributed by atoms with Gasteiger partial charge in [-0.3, -0.25) is 4.79 Å². The van der Waals surface area contributed by atoms with Gasteiger partial charge in [0, 0.05) is 31.7 Å². The highest BCUT2D eigenvalue weighted by Gasteiger charge is 2.17. The number of hydrogen-bond acceptors (Lipinski definition) is 3. The second-order valence-electron chi connectivity index (χ2n) is 4.94. The zero-order valence-electron chi connectivity index (χ0n) is 11.0. The highest BCUT2D eigenvalue weighted by atomic mass is 16.5. The summed E-state index contributed by atoms with van der Waals surface area (Å²) >= 11 is 0. The van der Waals surface area contributed by atoms with Gasteiger partial charge in [-0.15, -0.1) is 0 Å². The van der Waals surface area contributed by atoms with Gasteiger partial charge in [0.1, 0.15) is 0 Å². The maximum atomic E-state index is 11.9. The largest absolute Gasteiger partial charge is 0.377 e. The van der Waals surface area contributed by atoms with Crippen LogP contribution in [-0.4, -0.2) is 43.5 Å². The van der Waals surface area contributed by atoms with Crippen LogP contribution < -0.4 is 0 Å². The highest BCUT2D eigenvalue weighted by Crippen LogP contribution is 2.13. The van der Waals surface area contributed by atoms with Crippen molar-refractivity contribution in [2.75, 3.05) is 26.7 Å². The monoisotopic (exact) mass is 247 g/mol. The summed E-state index contributed by atoms with van der Waals surface area (Å²) in [6.45, 7) is 2.62. The van der Waals surface area contributed by atoms with Crippen LogP contribution in [0, 0.1) is 0 Å². The summed E-state index contributed by atoms with van der Waals surface area (Å²) in [5.41, 5.74) is 0.808. The van der Waals surface area contributed by atoms with Crippen molar-refractivity contribution >= 4 is 5.78 Å². The van der Waals surface area contributed by atoms with Crippen molar-refractivity contribution in [2.24, 2.45) is 0 Å². The molecule has 0 saturated carbocycles. The molecule has 0 aliphatic carbocycles. The molecule has 2 rings (SSSR count). The molecule has 1 aromatic carbocycles. The molecule has 0 spiro atoms. The number of likely N-dealkylation sites (N-methyl/N-ethyl adjacent to an activating group) is 1. The van der Waals surface area contributed by atoms with Crippen LogP contribution in [0.25, 0.3) is 0 Å². The number of carbonyl (C=O) groups is 1. The predicted molar refractivity (Wildman–Crippen MR) is 71.9 cm³/mol. The number of nitrogens with zero attached hydrogens (tertiary/aromatic N) is 1. The predicted octanol–water partition coefficient (Wildman–Crippen LogP) is 2.37. The minimum atomic E-state index is 0.217. The molecule has 1 fully saturated rings. The quantitative estimate of drug-likeness (QED) is 0.723. The summed E-state index contributed by atoms with van der Waals surface area (Å²) in [5, 5.41) is 0. The van der Waals surface area contributed by atoms with Gasteiger partial charge in [-0.1, -0.05) is 30.3 Å². The van der Waals surface area contributed by atoms with Crippen LogP contribution in [-0.2, 0) is 4.74 Å². The molecule has 98 valence electrons. The van der Waals surface area contributed by atoms with Gasteiger partial charge >= 0.3 is 0 Å². The fourth-order valence-corrected chi connectivity index (χ4v) is 2.29. The van der Waals surface area contributed by atoms with Crippen LogP contribution in [0.5, 0.6) is 0 Å². The first-order chi connectivity index (χ1) is 8.75. The van der Waals surface area contributed by atoms with Crippen molar-refractivity contribution < 1.29 is 9.53 Å². The number of benzene rings is 1. The second kappa shape index (κ2) is 6.66. The van der Waals surface area contributed by atoms with Gasteiger partial charge in [0.25, 0.3) is 0 Å². The first-order valence-electron chi connectivity index (χ1n) is 6.64. The van der Waals surface area contributed by atoms with Crippen LogP contribution in [0.1, 0.15) is 29.6 Å². The topological polar surface area (TPSA) is 29.5 Å². The molecule has 1 aliphatic rings. The van der Waals surface area contributed by atoms with Crippen LogP contribution in [0.15, 0.2) is 30.3 Å². The Morgan fingerprint density at radius 1 is 1.39 bits per heavy atom. The van der Waals surface area contributed by atoms with Crippen LogP contribution in [0.4, 0.5) is 0 Å². The molecule has 1 heterocycles. The lowest BCUT2D eigenvalue weighted by atomic mass is 10.1. The van der Waals surface area contributed by atoms with E-state index >= 15 is 0 Å². The first kappa shape index (κ1) is 13.2. The number of carbonyl (C=O) groups excluding carboxylic acids is 1. The van der Waals surface area contributed by atoms with Gasteiger partial charge in [-0.25, -0.2) is 0 Å². The van der Waals surface area contributed by atoms with Crippen molar-refractivity contribution in [3.63, 3.8) is 0 Å². The zero-order chi connectivity index (χ0) is 12.8. The minimum Gasteiger partial charge on any atom is -0.377 e. The summed E-state index contributed by atoms with van der Waals surface area (Å²) in [5.74, 6) is 0.217. The number of Topliss-reactive ketones (excluding diaryl/α,β-unsaturated/α-hetero) is 1. The standard InChI is InChI=1S/C15H21NO2/c1-16(12-14-8-5-11-18-14)10-9-15(17)13-6-3-2-4-7-13/h2-4,6-7,14H,5,8-12H2,1H3. The lowest BCUT2D eigenvalue weighted by Gasteiger charge is -2.19. The molecule has 1 aromatic rings. The maximum Gasteiger partial charge on any atom is 0.164 e. The van der Waals surface area contributed by atoms with Gasteiger partial charge in [0.05, 0.1) is 6.10 Å². The fraction of sp³-hybridized carbons (Fsp3) is 0.533. The summed E-state index contributed by atoms with van der Waals surface area (Å²) in [4.78, 5) is 14.1. The van der Waals surface area contributed by atoms with Crippen molar-refractivity contribution in [1.82, 2.24) is 4.90 Å².